The van der Waals surface area contributed by atoms with Gasteiger partial charge in [-0.25, -0.2) is 4.68 Å². The van der Waals surface area contributed by atoms with Crippen LogP contribution in [-0.2, 0) is 16.1 Å². The first-order valence-corrected chi connectivity index (χ1v) is 9.04. The van der Waals surface area contributed by atoms with E-state index in [4.69, 9.17) is 4.74 Å². The van der Waals surface area contributed by atoms with Gasteiger partial charge < -0.3 is 15.0 Å². The zero-order valence-corrected chi connectivity index (χ0v) is 15.7. The van der Waals surface area contributed by atoms with E-state index < -0.39 is 5.92 Å². The lowest BCUT2D eigenvalue weighted by atomic mass is 10.1. The van der Waals surface area contributed by atoms with Crippen molar-refractivity contribution in [2.75, 3.05) is 19.0 Å². The molecule has 10 nitrogen and oxygen atoms in total. The fourth-order valence-electron chi connectivity index (χ4n) is 3.23. The maximum atomic E-state index is 12.7. The highest BCUT2D eigenvalue weighted by Crippen LogP contribution is 2.29. The van der Waals surface area contributed by atoms with E-state index in [0.717, 1.165) is 5.69 Å². The van der Waals surface area contributed by atoms with Crippen LogP contribution in [-0.4, -0.2) is 55.6 Å². The Morgan fingerprint density at radius 2 is 2.21 bits per heavy atom. The van der Waals surface area contributed by atoms with Crippen LogP contribution in [0.2, 0.25) is 0 Å². The van der Waals surface area contributed by atoms with Crippen LogP contribution in [0.5, 0.6) is 5.75 Å². The maximum absolute atomic E-state index is 12.7. The van der Waals surface area contributed by atoms with E-state index in [1.165, 1.54) is 18.1 Å². The van der Waals surface area contributed by atoms with Gasteiger partial charge in [-0.1, -0.05) is 6.07 Å². The maximum Gasteiger partial charge on any atom is 0.229 e. The lowest BCUT2D eigenvalue weighted by molar-refractivity contribution is -0.128. The molecule has 0 saturated carbocycles. The SMILES string of the molecule is COc1cc(-n2cnnn2)ccc1NC(=O)C1CC(=O)N(Cc2ccccn2)C1. The van der Waals surface area contributed by atoms with Gasteiger partial charge in [0.15, 0.2) is 0 Å². The van der Waals surface area contributed by atoms with Gasteiger partial charge in [-0.05, 0) is 34.7 Å². The summed E-state index contributed by atoms with van der Waals surface area (Å²) in [5.41, 5.74) is 2.01. The number of hydrogen-bond acceptors (Lipinski definition) is 7. The topological polar surface area (TPSA) is 115 Å². The van der Waals surface area contributed by atoms with Crippen LogP contribution >= 0.6 is 0 Å². The number of ether oxygens (including phenoxy) is 1. The van der Waals surface area contributed by atoms with Crippen LogP contribution in [0.3, 0.4) is 0 Å². The summed E-state index contributed by atoms with van der Waals surface area (Å²) in [6, 6.07) is 10.8. The molecule has 4 rings (SSSR count). The van der Waals surface area contributed by atoms with E-state index in [1.54, 1.807) is 29.3 Å². The van der Waals surface area contributed by atoms with Gasteiger partial charge in [-0.2, -0.15) is 0 Å². The van der Waals surface area contributed by atoms with E-state index >= 15 is 0 Å². The standard InChI is InChI=1S/C19H19N7O3/c1-29-17-9-15(26-12-21-23-24-26)5-6-16(17)22-19(28)13-8-18(27)25(10-13)11-14-4-2-3-7-20-14/h2-7,9,12-13H,8,10-11H2,1H3,(H,22,28). The number of nitrogens with zero attached hydrogens (tertiary/aromatic N) is 6. The van der Waals surface area contributed by atoms with Crippen molar-refractivity contribution < 1.29 is 14.3 Å². The molecule has 1 saturated heterocycles. The fraction of sp³-hybridized carbons (Fsp3) is 0.263. The van der Waals surface area contributed by atoms with E-state index in [0.29, 0.717) is 30.2 Å². The second-order valence-corrected chi connectivity index (χ2v) is 6.62. The second kappa shape index (κ2) is 8.05. The Kier molecular flexibility index (Phi) is 5.14. The highest BCUT2D eigenvalue weighted by atomic mass is 16.5. The lowest BCUT2D eigenvalue weighted by Crippen LogP contribution is -2.28. The molecule has 1 N–H and O–H groups in total. The Morgan fingerprint density at radius 3 is 2.93 bits per heavy atom. The van der Waals surface area contributed by atoms with Crippen molar-refractivity contribution in [3.63, 3.8) is 0 Å². The van der Waals surface area contributed by atoms with Crippen molar-refractivity contribution in [2.24, 2.45) is 5.92 Å². The molecule has 1 aliphatic rings. The zero-order chi connectivity index (χ0) is 20.2. The molecule has 1 aromatic carbocycles. The highest BCUT2D eigenvalue weighted by molar-refractivity contribution is 5.98. The van der Waals surface area contributed by atoms with Crippen molar-refractivity contribution in [3.8, 4) is 11.4 Å². The van der Waals surface area contributed by atoms with Gasteiger partial charge in [0.05, 0.1) is 36.6 Å². The van der Waals surface area contributed by atoms with Gasteiger partial charge in [-0.3, -0.25) is 14.6 Å². The quantitative estimate of drug-likeness (QED) is 0.666. The van der Waals surface area contributed by atoms with Gasteiger partial charge in [0.1, 0.15) is 12.1 Å². The molecule has 1 atom stereocenters. The fourth-order valence-corrected chi connectivity index (χ4v) is 3.23. The summed E-state index contributed by atoms with van der Waals surface area (Å²) in [5, 5.41) is 13.9. The number of nitrogens with one attached hydrogen (secondary N) is 1. The summed E-state index contributed by atoms with van der Waals surface area (Å²) < 4.78 is 6.87. The number of pyridine rings is 1. The number of benzene rings is 1. The first-order valence-electron chi connectivity index (χ1n) is 9.04. The summed E-state index contributed by atoms with van der Waals surface area (Å²) in [7, 11) is 1.52. The van der Waals surface area contributed by atoms with Crippen LogP contribution < -0.4 is 10.1 Å². The highest BCUT2D eigenvalue weighted by Gasteiger charge is 2.34. The molecular formula is C19H19N7O3. The molecule has 3 aromatic rings. The van der Waals surface area contributed by atoms with Crippen LogP contribution in [0.1, 0.15) is 12.1 Å². The van der Waals surface area contributed by atoms with E-state index in [1.807, 2.05) is 18.2 Å². The summed E-state index contributed by atoms with van der Waals surface area (Å²) in [6.07, 6.45) is 3.32. The number of likely N-dealkylation sites (tertiary alicyclic amines) is 1. The number of rotatable bonds is 6. The predicted octanol–water partition coefficient (Wildman–Crippen LogP) is 1.05. The Labute approximate surface area is 166 Å². The lowest BCUT2D eigenvalue weighted by Gasteiger charge is -2.17. The Bertz CT molecular complexity index is 1010. The van der Waals surface area contributed by atoms with E-state index in [-0.39, 0.29) is 18.2 Å². The van der Waals surface area contributed by atoms with Gasteiger partial charge in [-0.15, -0.1) is 5.10 Å². The minimum absolute atomic E-state index is 0.0585. The molecular weight excluding hydrogens is 374 g/mol. The number of amides is 2. The van der Waals surface area contributed by atoms with Crippen LogP contribution in [0, 0.1) is 5.92 Å². The second-order valence-electron chi connectivity index (χ2n) is 6.62. The number of carbonyl (C=O) groups excluding carboxylic acids is 2. The van der Waals surface area contributed by atoms with Crippen LogP contribution in [0.15, 0.2) is 48.9 Å². The average Bonchev–Trinajstić information content (AvgIpc) is 3.40. The number of anilines is 1. The first-order chi connectivity index (χ1) is 14.1. The Hall–Kier alpha value is -3.82. The molecule has 10 heteroatoms. The minimum atomic E-state index is -0.435. The molecule has 0 radical (unpaired) electrons. The number of hydrogen-bond donors (Lipinski definition) is 1. The molecule has 3 heterocycles. The van der Waals surface area contributed by atoms with Gasteiger partial charge in [0.25, 0.3) is 0 Å². The summed E-state index contributed by atoms with van der Waals surface area (Å²) in [6.45, 7) is 0.750. The molecule has 148 valence electrons. The van der Waals surface area contributed by atoms with Crippen molar-refractivity contribution in [2.45, 2.75) is 13.0 Å². The normalized spacial score (nSPS) is 16.1. The number of carbonyl (C=O) groups is 2. The van der Waals surface area contributed by atoms with E-state index in [2.05, 4.69) is 25.8 Å². The van der Waals surface area contributed by atoms with Crippen molar-refractivity contribution >= 4 is 17.5 Å². The van der Waals surface area contributed by atoms with Crippen molar-refractivity contribution in [1.82, 2.24) is 30.1 Å². The molecule has 0 spiro atoms. The monoisotopic (exact) mass is 393 g/mol. The molecule has 29 heavy (non-hydrogen) atoms. The summed E-state index contributed by atoms with van der Waals surface area (Å²) in [4.78, 5) is 31.0. The van der Waals surface area contributed by atoms with Crippen molar-refractivity contribution in [3.05, 3.63) is 54.6 Å². The Morgan fingerprint density at radius 1 is 1.31 bits per heavy atom. The smallest absolute Gasteiger partial charge is 0.229 e. The van der Waals surface area contributed by atoms with Crippen LogP contribution in [0.25, 0.3) is 5.69 Å². The number of methoxy groups -OCH3 is 1. The van der Waals surface area contributed by atoms with Gasteiger partial charge in [0, 0.05) is 25.2 Å². The number of tetrazole rings is 1. The molecule has 0 aliphatic carbocycles. The molecule has 2 aromatic heterocycles. The minimum Gasteiger partial charge on any atom is -0.494 e. The van der Waals surface area contributed by atoms with Gasteiger partial charge >= 0.3 is 0 Å². The van der Waals surface area contributed by atoms with Crippen molar-refractivity contribution in [1.29, 1.82) is 0 Å². The first kappa shape index (κ1) is 18.5. The molecule has 2 amide bonds. The zero-order valence-electron chi connectivity index (χ0n) is 15.7. The Balaban J connectivity index is 1.43. The number of aromatic nitrogens is 5. The third kappa shape index (κ3) is 4.05. The molecule has 1 fully saturated rings. The summed E-state index contributed by atoms with van der Waals surface area (Å²) in [5.74, 6) is -0.247. The molecule has 1 aliphatic heterocycles. The van der Waals surface area contributed by atoms with E-state index in [9.17, 15) is 9.59 Å². The molecule has 1 unspecified atom stereocenters. The average molecular weight is 393 g/mol. The third-order valence-corrected chi connectivity index (χ3v) is 4.72. The van der Waals surface area contributed by atoms with Crippen LogP contribution in [0.4, 0.5) is 5.69 Å². The largest absolute Gasteiger partial charge is 0.494 e. The third-order valence-electron chi connectivity index (χ3n) is 4.72. The molecule has 0 bridgehead atoms. The predicted molar refractivity (Wildman–Crippen MR) is 102 cm³/mol. The summed E-state index contributed by atoms with van der Waals surface area (Å²) >= 11 is 0. The van der Waals surface area contributed by atoms with Gasteiger partial charge in [0.2, 0.25) is 11.8 Å².